The average Bonchev–Trinajstić information content (AvgIpc) is 3.32. The highest BCUT2D eigenvalue weighted by Crippen LogP contribution is 2.35. The maximum Gasteiger partial charge on any atom is 0.337 e. The Morgan fingerprint density at radius 3 is 2.45 bits per heavy atom. The topological polar surface area (TPSA) is 129 Å². The molecule has 3 heterocycles. The van der Waals surface area contributed by atoms with E-state index in [4.69, 9.17) is 26.4 Å². The first-order valence-corrected chi connectivity index (χ1v) is 15.1. The van der Waals surface area contributed by atoms with Crippen molar-refractivity contribution in [2.75, 3.05) is 25.2 Å². The molecule has 2 aliphatic rings. The number of carbonyl (C=O) groups excluding carboxylic acids is 3. The molecule has 13 heteroatoms. The zero-order chi connectivity index (χ0) is 31.7. The van der Waals surface area contributed by atoms with Crippen molar-refractivity contribution in [2.45, 2.75) is 33.7 Å². The van der Waals surface area contributed by atoms with E-state index in [2.05, 4.69) is 10.3 Å². The fraction of sp³-hybridized carbons (Fsp3) is 0.290. The molecular formula is C31H30N4O7S2. The summed E-state index contributed by atoms with van der Waals surface area (Å²) in [6.07, 6.45) is 2.68. The molecule has 1 aromatic heterocycles. The zero-order valence-corrected chi connectivity index (χ0v) is 26.3. The predicted octanol–water partition coefficient (Wildman–Crippen LogP) is 2.45. The molecule has 1 saturated heterocycles. The first kappa shape index (κ1) is 30.8. The molecule has 1 fully saturated rings. The number of ether oxygens (including phenoxy) is 3. The van der Waals surface area contributed by atoms with Gasteiger partial charge in [-0.05, 0) is 86.9 Å². The number of benzene rings is 2. The van der Waals surface area contributed by atoms with Crippen LogP contribution in [0.4, 0.5) is 5.69 Å². The first-order chi connectivity index (χ1) is 21.1. The van der Waals surface area contributed by atoms with Gasteiger partial charge in [-0.3, -0.25) is 23.9 Å². The Kier molecular flexibility index (Phi) is 8.79. The molecular weight excluding hydrogens is 604 g/mol. The van der Waals surface area contributed by atoms with Gasteiger partial charge in [-0.15, -0.1) is 0 Å². The highest BCUT2D eigenvalue weighted by molar-refractivity contribution is 7.80. The number of aromatic nitrogens is 1. The van der Waals surface area contributed by atoms with E-state index < -0.39 is 35.3 Å². The molecule has 0 bridgehead atoms. The number of fused-ring (bicyclic) bond motifs is 1. The number of methoxy groups -OCH3 is 1. The van der Waals surface area contributed by atoms with Gasteiger partial charge in [-0.25, -0.2) is 9.79 Å². The number of esters is 1. The molecule has 228 valence electrons. The summed E-state index contributed by atoms with van der Waals surface area (Å²) in [5.74, 6) is -2.28. The lowest BCUT2D eigenvalue weighted by atomic mass is 9.97. The van der Waals surface area contributed by atoms with Crippen LogP contribution in [0.25, 0.3) is 6.08 Å². The number of rotatable bonds is 8. The van der Waals surface area contributed by atoms with Crippen molar-refractivity contribution in [3.63, 3.8) is 0 Å². The normalized spacial score (nSPS) is 18.3. The first-order valence-electron chi connectivity index (χ1n) is 13.8. The molecule has 0 radical (unpaired) electrons. The zero-order valence-electron chi connectivity index (χ0n) is 24.7. The van der Waals surface area contributed by atoms with Gasteiger partial charge < -0.3 is 19.5 Å². The summed E-state index contributed by atoms with van der Waals surface area (Å²) in [5.41, 5.74) is 2.62. The van der Waals surface area contributed by atoms with Crippen molar-refractivity contribution < 1.29 is 28.6 Å². The molecule has 0 unspecified atom stereocenters. The molecule has 1 N–H and O–H groups in total. The van der Waals surface area contributed by atoms with E-state index in [1.165, 1.54) is 28.9 Å². The molecule has 0 saturated carbocycles. The van der Waals surface area contributed by atoms with Gasteiger partial charge >= 0.3 is 5.97 Å². The van der Waals surface area contributed by atoms with Crippen molar-refractivity contribution in [2.24, 2.45) is 10.9 Å². The Morgan fingerprint density at radius 1 is 1.05 bits per heavy atom. The van der Waals surface area contributed by atoms with Crippen molar-refractivity contribution in [1.29, 1.82) is 0 Å². The maximum atomic E-state index is 14.0. The lowest BCUT2D eigenvalue weighted by molar-refractivity contribution is -0.136. The van der Waals surface area contributed by atoms with Crippen LogP contribution in [0.3, 0.4) is 0 Å². The minimum Gasteiger partial charge on any atom is -0.490 e. The molecule has 2 atom stereocenters. The van der Waals surface area contributed by atoms with Crippen LogP contribution in [0.1, 0.15) is 36.6 Å². The minimum atomic E-state index is -1.33. The van der Waals surface area contributed by atoms with Gasteiger partial charge in [0.1, 0.15) is 5.92 Å². The summed E-state index contributed by atoms with van der Waals surface area (Å²) in [5, 5.41) is 2.54. The van der Waals surface area contributed by atoms with E-state index in [9.17, 15) is 19.2 Å². The molecule has 11 nitrogen and oxygen atoms in total. The molecule has 2 amide bonds. The highest BCUT2D eigenvalue weighted by atomic mass is 32.1. The second kappa shape index (κ2) is 12.5. The number of nitrogens with zero attached hydrogens (tertiary/aromatic N) is 3. The molecule has 2 aromatic carbocycles. The number of anilines is 1. The second-order valence-electron chi connectivity index (χ2n) is 9.98. The van der Waals surface area contributed by atoms with E-state index in [1.807, 2.05) is 39.8 Å². The minimum absolute atomic E-state index is 0.0438. The summed E-state index contributed by atoms with van der Waals surface area (Å²) >= 11 is 6.34. The monoisotopic (exact) mass is 634 g/mol. The van der Waals surface area contributed by atoms with E-state index >= 15 is 0 Å². The SMILES string of the molecule is CCOc1ccc([C@@H]2C(C(=O)OC)=CN=c3s/c(=C/[C@@H]4C(=O)NC(=S)N(c5ccc(C)c(C)c5)C4=O)c(=O)n32)cc1OCC. The van der Waals surface area contributed by atoms with E-state index in [0.29, 0.717) is 36.0 Å². The third-order valence-electron chi connectivity index (χ3n) is 7.28. The fourth-order valence-electron chi connectivity index (χ4n) is 5.00. The van der Waals surface area contributed by atoms with Gasteiger partial charge in [0.25, 0.3) is 5.56 Å². The number of aryl methyl sites for hydroxylation is 2. The molecule has 0 aliphatic carbocycles. The van der Waals surface area contributed by atoms with Gasteiger partial charge in [-0.1, -0.05) is 23.5 Å². The number of hydrogen-bond donors (Lipinski definition) is 1. The summed E-state index contributed by atoms with van der Waals surface area (Å²) in [4.78, 5) is 59.4. The number of thiazole rings is 1. The Hall–Kier alpha value is -4.62. The molecule has 2 aliphatic heterocycles. The van der Waals surface area contributed by atoms with Crippen LogP contribution in [0, 0.1) is 19.8 Å². The molecule has 0 spiro atoms. The van der Waals surface area contributed by atoms with Crippen molar-refractivity contribution in [1.82, 2.24) is 9.88 Å². The van der Waals surface area contributed by atoms with Crippen LogP contribution in [-0.2, 0) is 19.1 Å². The number of amides is 2. The molecule has 3 aromatic rings. The van der Waals surface area contributed by atoms with Crippen molar-refractivity contribution in [3.8, 4) is 11.5 Å². The van der Waals surface area contributed by atoms with Crippen LogP contribution in [0.5, 0.6) is 11.5 Å². The lowest BCUT2D eigenvalue weighted by Gasteiger charge is -2.31. The fourth-order valence-corrected chi connectivity index (χ4v) is 6.27. The third kappa shape index (κ3) is 5.55. The average molecular weight is 635 g/mol. The van der Waals surface area contributed by atoms with Gasteiger partial charge in [0, 0.05) is 6.20 Å². The number of carbonyl (C=O) groups is 3. The quantitative estimate of drug-likeness (QED) is 0.228. The Morgan fingerprint density at radius 2 is 1.77 bits per heavy atom. The van der Waals surface area contributed by atoms with Gasteiger partial charge in [0.05, 0.1) is 42.2 Å². The number of thiocarbonyl (C=S) groups is 1. The number of hydrogen-bond acceptors (Lipinski definition) is 10. The van der Waals surface area contributed by atoms with Crippen LogP contribution in [0.15, 0.2) is 58.0 Å². The number of nitrogens with one attached hydrogen (secondary N) is 1. The van der Waals surface area contributed by atoms with Crippen LogP contribution in [0.2, 0.25) is 0 Å². The van der Waals surface area contributed by atoms with E-state index in [0.717, 1.165) is 22.5 Å². The predicted molar refractivity (Wildman–Crippen MR) is 168 cm³/mol. The van der Waals surface area contributed by atoms with Gasteiger partial charge in [0.15, 0.2) is 21.4 Å². The smallest absolute Gasteiger partial charge is 0.337 e. The second-order valence-corrected chi connectivity index (χ2v) is 11.4. The molecule has 5 rings (SSSR count). The van der Waals surface area contributed by atoms with Crippen LogP contribution < -0.4 is 34.6 Å². The van der Waals surface area contributed by atoms with E-state index in [1.54, 1.807) is 24.3 Å². The van der Waals surface area contributed by atoms with Gasteiger partial charge in [-0.2, -0.15) is 0 Å². The Balaban J connectivity index is 1.62. The lowest BCUT2D eigenvalue weighted by Crippen LogP contribution is -2.58. The summed E-state index contributed by atoms with van der Waals surface area (Å²) < 4.78 is 17.9. The Labute approximate surface area is 262 Å². The summed E-state index contributed by atoms with van der Waals surface area (Å²) in [6, 6.07) is 9.65. The Bertz CT molecular complexity index is 1910. The largest absolute Gasteiger partial charge is 0.490 e. The standard InChI is InChI=1S/C31H30N4O7S2/c1-6-41-22-11-9-18(13-23(22)42-7-2)25-21(29(39)40-5)15-32-31-35(25)28(38)24(44-31)14-20-26(36)33-30(43)34(27(20)37)19-10-8-16(3)17(4)12-19/h8-15,20,25H,6-7H2,1-5H3,(H,33,36,43)/b24-14+/t20-,25-/m1/s1. The van der Waals surface area contributed by atoms with Crippen molar-refractivity contribution in [3.05, 3.63) is 84.5 Å². The van der Waals surface area contributed by atoms with Gasteiger partial charge in [0.2, 0.25) is 11.8 Å². The van der Waals surface area contributed by atoms with Crippen LogP contribution in [-0.4, -0.2) is 47.8 Å². The summed E-state index contributed by atoms with van der Waals surface area (Å²) in [6.45, 7) is 8.33. The molecule has 44 heavy (non-hydrogen) atoms. The van der Waals surface area contributed by atoms with Crippen LogP contribution >= 0.6 is 23.6 Å². The third-order valence-corrected chi connectivity index (χ3v) is 8.58. The highest BCUT2D eigenvalue weighted by Gasteiger charge is 2.39. The van der Waals surface area contributed by atoms with Crippen molar-refractivity contribution >= 4 is 58.2 Å². The summed E-state index contributed by atoms with van der Waals surface area (Å²) in [7, 11) is 1.24. The maximum absolute atomic E-state index is 14.0. The van der Waals surface area contributed by atoms with E-state index in [-0.39, 0.29) is 20.0 Å².